The summed E-state index contributed by atoms with van der Waals surface area (Å²) in [5.41, 5.74) is 0. The van der Waals surface area contributed by atoms with Crippen LogP contribution in [0.5, 0.6) is 0 Å². The lowest BCUT2D eigenvalue weighted by Gasteiger charge is -2.43. The van der Waals surface area contributed by atoms with Crippen LogP contribution in [0.1, 0.15) is 13.8 Å². The highest BCUT2D eigenvalue weighted by Crippen LogP contribution is 2.14. The van der Waals surface area contributed by atoms with E-state index in [4.69, 9.17) is 0 Å². The first-order valence-electron chi connectivity index (χ1n) is 4.45. The third kappa shape index (κ3) is 1.63. The molecule has 2 nitrogen and oxygen atoms in total. The third-order valence-corrected chi connectivity index (χ3v) is 2.55. The minimum absolute atomic E-state index is 0.552. The van der Waals surface area contributed by atoms with Crippen molar-refractivity contribution in [3.05, 3.63) is 25.6 Å². The highest BCUT2D eigenvalue weighted by molar-refractivity contribution is 4.92. The van der Waals surface area contributed by atoms with Gasteiger partial charge in [-0.15, -0.1) is 0 Å². The van der Waals surface area contributed by atoms with Gasteiger partial charge in [-0.1, -0.05) is 13.2 Å². The molecule has 1 aliphatic heterocycles. The second-order valence-corrected chi connectivity index (χ2v) is 3.46. The van der Waals surface area contributed by atoms with E-state index in [2.05, 4.69) is 36.8 Å². The van der Waals surface area contributed by atoms with Crippen molar-refractivity contribution in [2.45, 2.75) is 25.9 Å². The molecule has 0 amide bonds. The molecule has 0 aromatic rings. The van der Waals surface area contributed by atoms with Crippen LogP contribution < -0.4 is 0 Å². The first-order chi connectivity index (χ1) is 5.69. The number of hydrogen-bond donors (Lipinski definition) is 0. The summed E-state index contributed by atoms with van der Waals surface area (Å²) >= 11 is 0. The molecule has 0 radical (unpaired) electrons. The van der Waals surface area contributed by atoms with Crippen molar-refractivity contribution in [2.24, 2.45) is 0 Å². The van der Waals surface area contributed by atoms with Gasteiger partial charge in [0.25, 0.3) is 0 Å². The highest BCUT2D eigenvalue weighted by Gasteiger charge is 2.23. The van der Waals surface area contributed by atoms with Crippen LogP contribution in [0.15, 0.2) is 25.6 Å². The summed E-state index contributed by atoms with van der Waals surface area (Å²) in [4.78, 5) is 4.56. The molecule has 1 fully saturated rings. The van der Waals surface area contributed by atoms with Crippen molar-refractivity contribution < 1.29 is 0 Å². The van der Waals surface area contributed by atoms with Gasteiger partial charge in [-0.2, -0.15) is 0 Å². The van der Waals surface area contributed by atoms with Crippen LogP contribution in [-0.4, -0.2) is 35.0 Å². The molecule has 2 unspecified atom stereocenters. The van der Waals surface area contributed by atoms with Crippen molar-refractivity contribution in [2.75, 3.05) is 13.1 Å². The summed E-state index contributed by atoms with van der Waals surface area (Å²) in [6.45, 7) is 14.1. The normalized spacial score (nSPS) is 30.2. The minimum atomic E-state index is 0.552. The average molecular weight is 166 g/mol. The summed E-state index contributed by atoms with van der Waals surface area (Å²) in [7, 11) is 0. The van der Waals surface area contributed by atoms with Gasteiger partial charge in [-0.3, -0.25) is 0 Å². The Morgan fingerprint density at radius 3 is 1.58 bits per heavy atom. The van der Waals surface area contributed by atoms with E-state index < -0.39 is 0 Å². The van der Waals surface area contributed by atoms with Gasteiger partial charge in [0, 0.05) is 25.2 Å². The zero-order valence-electron chi connectivity index (χ0n) is 8.03. The Balaban J connectivity index is 2.60. The van der Waals surface area contributed by atoms with Gasteiger partial charge in [0.05, 0.1) is 0 Å². The molecule has 1 heterocycles. The fourth-order valence-electron chi connectivity index (χ4n) is 1.69. The number of hydrogen-bond acceptors (Lipinski definition) is 2. The molecule has 0 bridgehead atoms. The monoisotopic (exact) mass is 166 g/mol. The zero-order valence-corrected chi connectivity index (χ0v) is 8.03. The zero-order chi connectivity index (χ0) is 9.14. The van der Waals surface area contributed by atoms with E-state index >= 15 is 0 Å². The van der Waals surface area contributed by atoms with E-state index in [1.165, 1.54) is 0 Å². The molecular weight excluding hydrogens is 148 g/mol. The van der Waals surface area contributed by atoms with E-state index in [0.29, 0.717) is 12.1 Å². The lowest BCUT2D eigenvalue weighted by atomic mass is 10.1. The molecule has 1 rings (SSSR count). The van der Waals surface area contributed by atoms with Gasteiger partial charge < -0.3 is 9.80 Å². The van der Waals surface area contributed by atoms with Gasteiger partial charge in [-0.25, -0.2) is 0 Å². The van der Waals surface area contributed by atoms with Gasteiger partial charge in [0.1, 0.15) is 0 Å². The predicted octanol–water partition coefficient (Wildman–Crippen LogP) is 1.67. The van der Waals surface area contributed by atoms with Crippen LogP contribution in [0.25, 0.3) is 0 Å². The van der Waals surface area contributed by atoms with Gasteiger partial charge in [0.15, 0.2) is 0 Å². The lowest BCUT2D eigenvalue weighted by Crippen LogP contribution is -2.52. The molecule has 1 aliphatic rings. The predicted molar refractivity (Wildman–Crippen MR) is 52.7 cm³/mol. The van der Waals surface area contributed by atoms with Crippen LogP contribution in [-0.2, 0) is 0 Å². The van der Waals surface area contributed by atoms with Crippen molar-refractivity contribution in [1.82, 2.24) is 9.80 Å². The highest BCUT2D eigenvalue weighted by atomic mass is 15.3. The Kier molecular flexibility index (Phi) is 2.79. The maximum Gasteiger partial charge on any atom is 0.0432 e. The van der Waals surface area contributed by atoms with Crippen LogP contribution in [0.2, 0.25) is 0 Å². The maximum atomic E-state index is 3.80. The fraction of sp³-hybridized carbons (Fsp3) is 0.600. The molecule has 2 heteroatoms. The van der Waals surface area contributed by atoms with Gasteiger partial charge >= 0.3 is 0 Å². The topological polar surface area (TPSA) is 6.48 Å². The van der Waals surface area contributed by atoms with E-state index in [0.717, 1.165) is 13.1 Å². The molecule has 0 aromatic carbocycles. The van der Waals surface area contributed by atoms with Crippen molar-refractivity contribution in [1.29, 1.82) is 0 Å². The second-order valence-electron chi connectivity index (χ2n) is 3.46. The summed E-state index contributed by atoms with van der Waals surface area (Å²) in [5, 5.41) is 0. The molecule has 0 aromatic heterocycles. The summed E-state index contributed by atoms with van der Waals surface area (Å²) < 4.78 is 0. The van der Waals surface area contributed by atoms with Crippen molar-refractivity contribution in [3.8, 4) is 0 Å². The molecule has 2 atom stereocenters. The largest absolute Gasteiger partial charge is 0.371 e. The molecule has 12 heavy (non-hydrogen) atoms. The summed E-state index contributed by atoms with van der Waals surface area (Å²) in [6, 6.07) is 1.10. The van der Waals surface area contributed by atoms with Gasteiger partial charge in [-0.05, 0) is 26.2 Å². The SMILES string of the molecule is C=CN1CC(C)N(C=C)CC1C. The van der Waals surface area contributed by atoms with Gasteiger partial charge in [0.2, 0.25) is 0 Å². The van der Waals surface area contributed by atoms with E-state index in [1.807, 2.05) is 12.4 Å². The van der Waals surface area contributed by atoms with Crippen LogP contribution >= 0.6 is 0 Å². The maximum absolute atomic E-state index is 3.80. The first kappa shape index (κ1) is 9.17. The summed E-state index contributed by atoms with van der Waals surface area (Å²) in [5.74, 6) is 0. The molecular formula is C10H18N2. The molecule has 0 spiro atoms. The Morgan fingerprint density at radius 2 is 1.33 bits per heavy atom. The first-order valence-corrected chi connectivity index (χ1v) is 4.45. The molecule has 1 saturated heterocycles. The van der Waals surface area contributed by atoms with E-state index in [1.54, 1.807) is 0 Å². The second kappa shape index (κ2) is 3.65. The number of rotatable bonds is 2. The smallest absolute Gasteiger partial charge is 0.0432 e. The Morgan fingerprint density at radius 1 is 1.00 bits per heavy atom. The average Bonchev–Trinajstić information content (AvgIpc) is 2.08. The third-order valence-electron chi connectivity index (χ3n) is 2.55. The molecule has 0 N–H and O–H groups in total. The Labute approximate surface area is 75.2 Å². The minimum Gasteiger partial charge on any atom is -0.371 e. The standard InChI is InChI=1S/C10H18N2/c1-5-11-7-10(4)12(6-2)8-9(11)3/h5-6,9-10H,1-2,7-8H2,3-4H3. The van der Waals surface area contributed by atoms with Crippen molar-refractivity contribution in [3.63, 3.8) is 0 Å². The number of nitrogens with zero attached hydrogens (tertiary/aromatic N) is 2. The lowest BCUT2D eigenvalue weighted by molar-refractivity contribution is 0.112. The van der Waals surface area contributed by atoms with Crippen LogP contribution in [0.3, 0.4) is 0 Å². The molecule has 68 valence electrons. The fourth-order valence-corrected chi connectivity index (χ4v) is 1.69. The molecule has 0 saturated carbocycles. The molecule has 0 aliphatic carbocycles. The Bertz CT molecular complexity index is 157. The number of piperazine rings is 1. The van der Waals surface area contributed by atoms with Crippen LogP contribution in [0.4, 0.5) is 0 Å². The quantitative estimate of drug-likeness (QED) is 0.615. The summed E-state index contributed by atoms with van der Waals surface area (Å²) in [6.07, 6.45) is 3.86. The van der Waals surface area contributed by atoms with E-state index in [-0.39, 0.29) is 0 Å². The van der Waals surface area contributed by atoms with Crippen molar-refractivity contribution >= 4 is 0 Å². The van der Waals surface area contributed by atoms with E-state index in [9.17, 15) is 0 Å². The Hall–Kier alpha value is -0.920. The van der Waals surface area contributed by atoms with Crippen LogP contribution in [0, 0.1) is 0 Å².